The zero-order valence-corrected chi connectivity index (χ0v) is 25.8. The van der Waals surface area contributed by atoms with Crippen LogP contribution in [-0.4, -0.2) is 62.7 Å². The van der Waals surface area contributed by atoms with Crippen LogP contribution in [0.2, 0.25) is 10.0 Å². The highest BCUT2D eigenvalue weighted by atomic mass is 35.5. The number of sulfonamides is 1. The summed E-state index contributed by atoms with van der Waals surface area (Å²) >= 11 is 12.3. The van der Waals surface area contributed by atoms with Crippen LogP contribution in [0.5, 0.6) is 11.5 Å². The highest BCUT2D eigenvalue weighted by Crippen LogP contribution is 2.35. The van der Waals surface area contributed by atoms with Gasteiger partial charge < -0.3 is 19.7 Å². The summed E-state index contributed by atoms with van der Waals surface area (Å²) in [5, 5.41) is 3.70. The summed E-state index contributed by atoms with van der Waals surface area (Å²) in [6.07, 6.45) is 1.76. The number of nitrogens with one attached hydrogen (secondary N) is 1. The van der Waals surface area contributed by atoms with E-state index in [2.05, 4.69) is 5.32 Å². The van der Waals surface area contributed by atoms with E-state index in [-0.39, 0.29) is 37.7 Å². The van der Waals surface area contributed by atoms with Crippen molar-refractivity contribution in [1.29, 1.82) is 0 Å². The fraction of sp³-hybridized carbons (Fsp3) is 0.500. The maximum atomic E-state index is 13.6. The Morgan fingerprint density at radius 1 is 1.02 bits per heavy atom. The number of hydrogen-bond acceptors (Lipinski definition) is 6. The van der Waals surface area contributed by atoms with Gasteiger partial charge in [0.25, 0.3) is 0 Å². The Hall–Kier alpha value is -2.69. The van der Waals surface area contributed by atoms with Crippen molar-refractivity contribution >= 4 is 50.7 Å². The van der Waals surface area contributed by atoms with Gasteiger partial charge in [-0.2, -0.15) is 0 Å². The third kappa shape index (κ3) is 8.65. The topological polar surface area (TPSA) is 105 Å². The molecule has 1 atom stereocenters. The van der Waals surface area contributed by atoms with Gasteiger partial charge in [0.1, 0.15) is 19.3 Å². The monoisotopic (exact) mass is 613 g/mol. The van der Waals surface area contributed by atoms with Crippen molar-refractivity contribution in [2.45, 2.75) is 65.1 Å². The Labute approximate surface area is 246 Å². The molecule has 3 rings (SSSR count). The number of amides is 2. The van der Waals surface area contributed by atoms with Crippen molar-refractivity contribution in [2.24, 2.45) is 0 Å². The molecule has 220 valence electrons. The molecule has 0 bridgehead atoms. The van der Waals surface area contributed by atoms with Crippen molar-refractivity contribution < 1.29 is 27.5 Å². The quantitative estimate of drug-likeness (QED) is 0.381. The van der Waals surface area contributed by atoms with E-state index < -0.39 is 21.6 Å². The van der Waals surface area contributed by atoms with Crippen LogP contribution in [0.3, 0.4) is 0 Å². The average Bonchev–Trinajstić information content (AvgIpc) is 2.86. The van der Waals surface area contributed by atoms with E-state index in [9.17, 15) is 18.0 Å². The van der Waals surface area contributed by atoms with Crippen molar-refractivity contribution in [2.75, 3.05) is 30.3 Å². The first-order valence-corrected chi connectivity index (χ1v) is 15.7. The lowest BCUT2D eigenvalue weighted by atomic mass is 10.0. The van der Waals surface area contributed by atoms with Crippen LogP contribution in [0.4, 0.5) is 5.69 Å². The van der Waals surface area contributed by atoms with E-state index in [1.54, 1.807) is 36.4 Å². The second-order valence-electron chi connectivity index (χ2n) is 10.7. The molecular formula is C28H37Cl2N3O6S. The van der Waals surface area contributed by atoms with E-state index in [1.165, 1.54) is 9.21 Å². The molecule has 40 heavy (non-hydrogen) atoms. The van der Waals surface area contributed by atoms with Crippen molar-refractivity contribution in [1.82, 2.24) is 10.2 Å². The van der Waals surface area contributed by atoms with Crippen molar-refractivity contribution in [3.63, 3.8) is 0 Å². The zero-order chi connectivity index (χ0) is 29.7. The lowest BCUT2D eigenvalue weighted by molar-refractivity contribution is -0.142. The number of fused-ring (bicyclic) bond motifs is 1. The van der Waals surface area contributed by atoms with E-state index in [1.807, 2.05) is 27.7 Å². The molecule has 0 saturated carbocycles. The Bertz CT molecular complexity index is 1330. The molecule has 0 saturated heterocycles. The second-order valence-corrected chi connectivity index (χ2v) is 13.4. The summed E-state index contributed by atoms with van der Waals surface area (Å²) in [5.41, 5.74) is 0.657. The molecule has 2 aromatic carbocycles. The molecule has 1 unspecified atom stereocenters. The van der Waals surface area contributed by atoms with Gasteiger partial charge in [0, 0.05) is 31.1 Å². The van der Waals surface area contributed by atoms with Crippen LogP contribution in [0.25, 0.3) is 0 Å². The van der Waals surface area contributed by atoms with Crippen molar-refractivity contribution in [3.05, 3.63) is 52.0 Å². The van der Waals surface area contributed by atoms with E-state index in [0.29, 0.717) is 46.9 Å². The first kappa shape index (κ1) is 31.8. The van der Waals surface area contributed by atoms with Crippen LogP contribution < -0.4 is 19.1 Å². The minimum atomic E-state index is -3.65. The number of carbonyl (C=O) groups is 2. The van der Waals surface area contributed by atoms with E-state index >= 15 is 0 Å². The normalized spacial score (nSPS) is 13.9. The summed E-state index contributed by atoms with van der Waals surface area (Å²) < 4.78 is 37.7. The molecule has 0 radical (unpaired) electrons. The number of anilines is 1. The van der Waals surface area contributed by atoms with Crippen LogP contribution in [0.1, 0.15) is 52.5 Å². The minimum absolute atomic E-state index is 0.0250. The van der Waals surface area contributed by atoms with Gasteiger partial charge in [-0.1, -0.05) is 36.2 Å². The second kappa shape index (κ2) is 13.3. The molecule has 0 aliphatic carbocycles. The zero-order valence-electron chi connectivity index (χ0n) is 23.5. The average molecular weight is 615 g/mol. The Morgan fingerprint density at radius 3 is 2.30 bits per heavy atom. The highest BCUT2D eigenvalue weighted by molar-refractivity contribution is 7.92. The van der Waals surface area contributed by atoms with Crippen LogP contribution in [0, 0.1) is 0 Å². The maximum absolute atomic E-state index is 13.6. The molecule has 1 heterocycles. The molecule has 0 fully saturated rings. The fourth-order valence-corrected chi connectivity index (χ4v) is 5.68. The summed E-state index contributed by atoms with van der Waals surface area (Å²) in [6.45, 7) is 8.48. The fourth-order valence-electron chi connectivity index (χ4n) is 4.40. The molecule has 1 aliphatic rings. The molecule has 9 nitrogen and oxygen atoms in total. The summed E-state index contributed by atoms with van der Waals surface area (Å²) in [6, 6.07) is 9.29. The van der Waals surface area contributed by atoms with Gasteiger partial charge in [0.05, 0.1) is 22.0 Å². The van der Waals surface area contributed by atoms with Gasteiger partial charge in [-0.05, 0) is 63.4 Å². The smallest absolute Gasteiger partial charge is 0.243 e. The third-order valence-corrected chi connectivity index (χ3v) is 8.12. The third-order valence-electron chi connectivity index (χ3n) is 6.19. The number of rotatable bonds is 11. The van der Waals surface area contributed by atoms with Gasteiger partial charge in [0.2, 0.25) is 21.8 Å². The SMILES string of the molecule is CCC(C(=O)NC(C)(C)C)N(Cc1ccc(Cl)c(Cl)c1)C(=O)CCCN(c1ccc2c(c1)OCCO2)S(C)(=O)=O. The summed E-state index contributed by atoms with van der Waals surface area (Å²) in [7, 11) is -3.65. The predicted octanol–water partition coefficient (Wildman–Crippen LogP) is 5.03. The molecule has 1 N–H and O–H groups in total. The molecule has 0 aromatic heterocycles. The first-order valence-electron chi connectivity index (χ1n) is 13.1. The Morgan fingerprint density at radius 2 is 1.70 bits per heavy atom. The highest BCUT2D eigenvalue weighted by Gasteiger charge is 2.31. The minimum Gasteiger partial charge on any atom is -0.486 e. The molecule has 1 aliphatic heterocycles. The summed E-state index contributed by atoms with van der Waals surface area (Å²) in [5.74, 6) is 0.475. The van der Waals surface area contributed by atoms with Gasteiger partial charge in [-0.25, -0.2) is 8.42 Å². The van der Waals surface area contributed by atoms with Gasteiger partial charge in [0.15, 0.2) is 11.5 Å². The lowest BCUT2D eigenvalue weighted by Gasteiger charge is -2.33. The predicted molar refractivity (Wildman–Crippen MR) is 158 cm³/mol. The largest absolute Gasteiger partial charge is 0.486 e. The number of hydrogen-bond donors (Lipinski definition) is 1. The van der Waals surface area contributed by atoms with Crippen LogP contribution in [0.15, 0.2) is 36.4 Å². The number of nitrogens with zero attached hydrogens (tertiary/aromatic N) is 2. The Balaban J connectivity index is 1.80. The number of halogens is 2. The number of carbonyl (C=O) groups excluding carboxylic acids is 2. The molecule has 12 heteroatoms. The van der Waals surface area contributed by atoms with Gasteiger partial charge in [-0.3, -0.25) is 13.9 Å². The maximum Gasteiger partial charge on any atom is 0.243 e. The van der Waals surface area contributed by atoms with E-state index in [0.717, 1.165) is 11.8 Å². The van der Waals surface area contributed by atoms with Crippen LogP contribution in [-0.2, 0) is 26.2 Å². The Kier molecular flexibility index (Phi) is 10.6. The first-order chi connectivity index (χ1) is 18.7. The van der Waals surface area contributed by atoms with E-state index in [4.69, 9.17) is 32.7 Å². The van der Waals surface area contributed by atoms with Gasteiger partial charge in [-0.15, -0.1) is 0 Å². The van der Waals surface area contributed by atoms with Gasteiger partial charge >= 0.3 is 0 Å². The number of benzene rings is 2. The molecular weight excluding hydrogens is 577 g/mol. The number of ether oxygens (including phenoxy) is 2. The summed E-state index contributed by atoms with van der Waals surface area (Å²) in [4.78, 5) is 28.3. The standard InChI is InChI=1S/C28H37Cl2N3O6S/c1-6-23(27(35)31-28(2,3)4)32(18-19-9-11-21(29)22(30)16-19)26(34)8-7-13-33(40(5,36)37)20-10-12-24-25(17-20)39-15-14-38-24/h9-12,16-17,23H,6-8,13-15,18H2,1-5H3,(H,31,35). The molecule has 2 amide bonds. The molecule has 2 aromatic rings. The van der Waals surface area contributed by atoms with Crippen LogP contribution >= 0.6 is 23.2 Å². The molecule has 0 spiro atoms. The van der Waals surface area contributed by atoms with Crippen molar-refractivity contribution in [3.8, 4) is 11.5 Å². The lowest BCUT2D eigenvalue weighted by Crippen LogP contribution is -2.53.